The molecule has 0 radical (unpaired) electrons. The summed E-state index contributed by atoms with van der Waals surface area (Å²) in [5.74, 6) is 0.601. The van der Waals surface area contributed by atoms with E-state index in [0.29, 0.717) is 37.2 Å². The first-order valence-corrected chi connectivity index (χ1v) is 9.68. The number of hydrogen-bond donors (Lipinski definition) is 1. The van der Waals surface area contributed by atoms with Gasteiger partial charge < -0.3 is 14.7 Å². The van der Waals surface area contributed by atoms with Gasteiger partial charge in [-0.15, -0.1) is 0 Å². The summed E-state index contributed by atoms with van der Waals surface area (Å²) in [5.41, 5.74) is 2.86. The lowest BCUT2D eigenvalue weighted by Gasteiger charge is -2.36. The van der Waals surface area contributed by atoms with E-state index in [-0.39, 0.29) is 11.7 Å². The Bertz CT molecular complexity index is 931. The van der Waals surface area contributed by atoms with Gasteiger partial charge in [-0.05, 0) is 59.2 Å². The Morgan fingerprint density at radius 2 is 1.79 bits per heavy atom. The summed E-state index contributed by atoms with van der Waals surface area (Å²) >= 11 is 0. The van der Waals surface area contributed by atoms with Crippen LogP contribution in [0.1, 0.15) is 27.9 Å². The molecule has 5 rings (SSSR count). The standard InChI is InChI=1S/C23H22FNO3/c24-21-7-3-15(4-8-21)17-9-18-11-25(12-19(18)10-17)22(26)16-1-5-20(6-2-16)23(27)13-28-14-23/h1-9,18-19,27H,10-14H2. The van der Waals surface area contributed by atoms with Gasteiger partial charge in [0.25, 0.3) is 5.91 Å². The van der Waals surface area contributed by atoms with Crippen LogP contribution in [-0.4, -0.2) is 42.2 Å². The van der Waals surface area contributed by atoms with E-state index in [1.54, 1.807) is 12.1 Å². The van der Waals surface area contributed by atoms with Gasteiger partial charge in [0.05, 0.1) is 13.2 Å². The molecule has 2 aromatic carbocycles. The maximum atomic E-state index is 13.1. The highest BCUT2D eigenvalue weighted by Crippen LogP contribution is 2.41. The largest absolute Gasteiger partial charge is 0.380 e. The fourth-order valence-corrected chi connectivity index (χ4v) is 4.52. The fraction of sp³-hybridized carbons (Fsp3) is 0.348. The number of halogens is 1. The minimum absolute atomic E-state index is 0.0366. The molecule has 2 atom stereocenters. The van der Waals surface area contributed by atoms with E-state index in [0.717, 1.165) is 24.1 Å². The highest BCUT2D eigenvalue weighted by atomic mass is 19.1. The van der Waals surface area contributed by atoms with Crippen LogP contribution in [0.2, 0.25) is 0 Å². The number of hydrogen-bond acceptors (Lipinski definition) is 3. The number of nitrogens with zero attached hydrogens (tertiary/aromatic N) is 1. The van der Waals surface area contributed by atoms with Crippen LogP contribution in [0, 0.1) is 17.7 Å². The molecule has 2 aromatic rings. The van der Waals surface area contributed by atoms with Crippen LogP contribution in [0.25, 0.3) is 5.57 Å². The molecular formula is C23H22FNO3. The predicted octanol–water partition coefficient (Wildman–Crippen LogP) is 3.22. The zero-order valence-electron chi connectivity index (χ0n) is 15.5. The van der Waals surface area contributed by atoms with E-state index in [9.17, 15) is 14.3 Å². The normalized spacial score (nSPS) is 25.2. The molecule has 2 fully saturated rings. The zero-order chi connectivity index (χ0) is 19.3. The van der Waals surface area contributed by atoms with Crippen molar-refractivity contribution >= 4 is 11.5 Å². The van der Waals surface area contributed by atoms with E-state index in [1.165, 1.54) is 17.7 Å². The maximum Gasteiger partial charge on any atom is 0.253 e. The van der Waals surface area contributed by atoms with Crippen molar-refractivity contribution in [2.45, 2.75) is 12.0 Å². The number of amides is 1. The van der Waals surface area contributed by atoms with Crippen LogP contribution in [0.15, 0.2) is 54.6 Å². The van der Waals surface area contributed by atoms with Crippen LogP contribution in [0.3, 0.4) is 0 Å². The van der Waals surface area contributed by atoms with Crippen molar-refractivity contribution in [2.24, 2.45) is 11.8 Å². The van der Waals surface area contributed by atoms with Crippen molar-refractivity contribution in [2.75, 3.05) is 26.3 Å². The number of carbonyl (C=O) groups excluding carboxylic acids is 1. The average molecular weight is 379 g/mol. The SMILES string of the molecule is O=C(c1ccc(C2(O)COC2)cc1)N1CC2C=C(c3ccc(F)cc3)CC2C1. The second-order valence-corrected chi connectivity index (χ2v) is 8.14. The first-order chi connectivity index (χ1) is 13.5. The lowest BCUT2D eigenvalue weighted by molar-refractivity contribution is -0.184. The monoisotopic (exact) mass is 379 g/mol. The van der Waals surface area contributed by atoms with Gasteiger partial charge in [-0.25, -0.2) is 4.39 Å². The third-order valence-corrected chi connectivity index (χ3v) is 6.24. The van der Waals surface area contributed by atoms with Gasteiger partial charge in [0.15, 0.2) is 0 Å². The van der Waals surface area contributed by atoms with Crippen molar-refractivity contribution in [1.29, 1.82) is 0 Å². The van der Waals surface area contributed by atoms with Crippen LogP contribution in [0.5, 0.6) is 0 Å². The number of likely N-dealkylation sites (tertiary alicyclic amines) is 1. The molecule has 2 unspecified atom stereocenters. The summed E-state index contributed by atoms with van der Waals surface area (Å²) in [6.45, 7) is 2.06. The lowest BCUT2D eigenvalue weighted by Crippen LogP contribution is -2.46. The Hall–Kier alpha value is -2.50. The minimum Gasteiger partial charge on any atom is -0.380 e. The molecule has 2 aliphatic heterocycles. The fourth-order valence-electron chi connectivity index (χ4n) is 4.52. The third kappa shape index (κ3) is 2.95. The number of benzene rings is 2. The average Bonchev–Trinajstić information content (AvgIpc) is 3.25. The quantitative estimate of drug-likeness (QED) is 0.891. The molecule has 1 amide bonds. The number of fused-ring (bicyclic) bond motifs is 1. The molecule has 0 bridgehead atoms. The van der Waals surface area contributed by atoms with Gasteiger partial charge in [-0.3, -0.25) is 4.79 Å². The molecule has 0 saturated carbocycles. The van der Waals surface area contributed by atoms with Crippen molar-refractivity contribution < 1.29 is 19.0 Å². The molecule has 0 aromatic heterocycles. The smallest absolute Gasteiger partial charge is 0.253 e. The molecule has 4 nitrogen and oxygen atoms in total. The first kappa shape index (κ1) is 17.6. The Morgan fingerprint density at radius 3 is 2.39 bits per heavy atom. The highest BCUT2D eigenvalue weighted by molar-refractivity contribution is 5.94. The van der Waals surface area contributed by atoms with Gasteiger partial charge in [-0.2, -0.15) is 0 Å². The maximum absolute atomic E-state index is 13.1. The second-order valence-electron chi connectivity index (χ2n) is 8.14. The first-order valence-electron chi connectivity index (χ1n) is 9.68. The van der Waals surface area contributed by atoms with E-state index in [2.05, 4.69) is 6.08 Å². The van der Waals surface area contributed by atoms with E-state index in [1.807, 2.05) is 29.2 Å². The molecule has 1 aliphatic carbocycles. The molecule has 144 valence electrons. The van der Waals surface area contributed by atoms with Crippen molar-refractivity contribution in [1.82, 2.24) is 4.90 Å². The number of rotatable bonds is 3. The van der Waals surface area contributed by atoms with Crippen molar-refractivity contribution in [3.05, 3.63) is 77.1 Å². The topological polar surface area (TPSA) is 49.8 Å². The summed E-state index contributed by atoms with van der Waals surface area (Å²) in [7, 11) is 0. The molecule has 2 heterocycles. The zero-order valence-corrected chi connectivity index (χ0v) is 15.5. The van der Waals surface area contributed by atoms with Crippen LogP contribution >= 0.6 is 0 Å². The van der Waals surface area contributed by atoms with E-state index >= 15 is 0 Å². The molecule has 0 spiro atoms. The number of allylic oxidation sites excluding steroid dienone is 1. The predicted molar refractivity (Wildman–Crippen MR) is 103 cm³/mol. The van der Waals surface area contributed by atoms with Gasteiger partial charge in [0.2, 0.25) is 0 Å². The number of aliphatic hydroxyl groups is 1. The second kappa shape index (κ2) is 6.54. The van der Waals surface area contributed by atoms with Gasteiger partial charge in [-0.1, -0.05) is 30.3 Å². The Morgan fingerprint density at radius 1 is 1.07 bits per heavy atom. The highest BCUT2D eigenvalue weighted by Gasteiger charge is 2.40. The van der Waals surface area contributed by atoms with Gasteiger partial charge >= 0.3 is 0 Å². The van der Waals surface area contributed by atoms with Crippen molar-refractivity contribution in [3.8, 4) is 0 Å². The summed E-state index contributed by atoms with van der Waals surface area (Å²) in [4.78, 5) is 14.8. The molecule has 5 heteroatoms. The Balaban J connectivity index is 1.27. The minimum atomic E-state index is -0.909. The van der Waals surface area contributed by atoms with Crippen LogP contribution in [-0.2, 0) is 10.3 Å². The van der Waals surface area contributed by atoms with Crippen LogP contribution in [0.4, 0.5) is 4.39 Å². The molecule has 28 heavy (non-hydrogen) atoms. The Kier molecular flexibility index (Phi) is 4.11. The van der Waals surface area contributed by atoms with Crippen LogP contribution < -0.4 is 0 Å². The number of carbonyl (C=O) groups is 1. The summed E-state index contributed by atoms with van der Waals surface area (Å²) < 4.78 is 18.2. The van der Waals surface area contributed by atoms with E-state index < -0.39 is 5.60 Å². The van der Waals surface area contributed by atoms with Gasteiger partial charge in [0.1, 0.15) is 11.4 Å². The summed E-state index contributed by atoms with van der Waals surface area (Å²) in [5, 5.41) is 10.3. The molecular weight excluding hydrogens is 357 g/mol. The lowest BCUT2D eigenvalue weighted by atomic mass is 9.91. The summed E-state index contributed by atoms with van der Waals surface area (Å²) in [6, 6.07) is 13.9. The molecule has 2 saturated heterocycles. The third-order valence-electron chi connectivity index (χ3n) is 6.24. The Labute approximate surface area is 163 Å². The van der Waals surface area contributed by atoms with E-state index in [4.69, 9.17) is 4.74 Å². The molecule has 1 N–H and O–H groups in total. The molecule has 3 aliphatic rings. The number of ether oxygens (including phenoxy) is 1. The van der Waals surface area contributed by atoms with Gasteiger partial charge in [0, 0.05) is 18.7 Å². The van der Waals surface area contributed by atoms with Crippen molar-refractivity contribution in [3.63, 3.8) is 0 Å². The summed E-state index contributed by atoms with van der Waals surface area (Å²) in [6.07, 6.45) is 3.17.